The topological polar surface area (TPSA) is 98.5 Å². The van der Waals surface area contributed by atoms with Crippen molar-refractivity contribution in [2.75, 3.05) is 13.1 Å². The zero-order valence-corrected chi connectivity index (χ0v) is 13.6. The van der Waals surface area contributed by atoms with E-state index in [0.717, 1.165) is 12.8 Å². The Morgan fingerprint density at radius 1 is 1.48 bits per heavy atom. The Hall–Kier alpha value is -1.91. The minimum atomic E-state index is -3.75. The Morgan fingerprint density at radius 3 is 2.78 bits per heavy atom. The molecular weight excluding hydrogens is 316 g/mol. The highest BCUT2D eigenvalue weighted by molar-refractivity contribution is 7.89. The SMILES string of the molecule is Cc1cc(C#N)ccc1S(=O)(=O)N1C[C@@H]2CCC[C@@]2(C(=O)O)C1. The molecule has 0 spiro atoms. The predicted octanol–water partition coefficient (Wildman–Crippen LogP) is 1.74. The molecule has 1 saturated heterocycles. The lowest BCUT2D eigenvalue weighted by atomic mass is 9.81. The van der Waals surface area contributed by atoms with Gasteiger partial charge in [0.25, 0.3) is 0 Å². The summed E-state index contributed by atoms with van der Waals surface area (Å²) < 4.78 is 27.1. The van der Waals surface area contributed by atoms with Gasteiger partial charge in [0, 0.05) is 13.1 Å². The average molecular weight is 334 g/mol. The number of hydrogen-bond acceptors (Lipinski definition) is 4. The van der Waals surface area contributed by atoms with E-state index in [2.05, 4.69) is 0 Å². The highest BCUT2D eigenvalue weighted by atomic mass is 32.2. The van der Waals surface area contributed by atoms with E-state index in [-0.39, 0.29) is 23.9 Å². The van der Waals surface area contributed by atoms with Gasteiger partial charge in [-0.05, 0) is 49.4 Å². The van der Waals surface area contributed by atoms with Crippen LogP contribution < -0.4 is 0 Å². The van der Waals surface area contributed by atoms with Crippen LogP contribution in [0, 0.1) is 29.6 Å². The first-order chi connectivity index (χ1) is 10.8. The van der Waals surface area contributed by atoms with E-state index >= 15 is 0 Å². The van der Waals surface area contributed by atoms with Gasteiger partial charge in [0.15, 0.2) is 0 Å². The molecule has 1 heterocycles. The fraction of sp³-hybridized carbons (Fsp3) is 0.500. The number of benzene rings is 1. The van der Waals surface area contributed by atoms with E-state index in [4.69, 9.17) is 5.26 Å². The maximum Gasteiger partial charge on any atom is 0.311 e. The first-order valence-electron chi connectivity index (χ1n) is 7.55. The second kappa shape index (κ2) is 5.32. The van der Waals surface area contributed by atoms with Crippen LogP contribution in [0.25, 0.3) is 0 Å². The van der Waals surface area contributed by atoms with E-state index in [1.54, 1.807) is 6.92 Å². The molecule has 0 radical (unpaired) electrons. The standard InChI is InChI=1S/C16H18N2O4S/c1-11-7-12(8-17)4-5-14(11)23(21,22)18-9-13-3-2-6-16(13,10-18)15(19)20/h4-5,7,13H,2-3,6,9-10H2,1H3,(H,19,20)/t13-,16+/m0/s1. The quantitative estimate of drug-likeness (QED) is 0.908. The molecule has 1 aliphatic carbocycles. The molecule has 0 amide bonds. The van der Waals surface area contributed by atoms with Crippen LogP contribution >= 0.6 is 0 Å². The van der Waals surface area contributed by atoms with Crippen LogP contribution in [0.3, 0.4) is 0 Å². The second-order valence-electron chi connectivity index (χ2n) is 6.44. The molecule has 122 valence electrons. The van der Waals surface area contributed by atoms with E-state index < -0.39 is 21.4 Å². The molecule has 0 unspecified atom stereocenters. The zero-order chi connectivity index (χ0) is 16.8. The van der Waals surface area contributed by atoms with Crippen molar-refractivity contribution < 1.29 is 18.3 Å². The molecule has 23 heavy (non-hydrogen) atoms. The van der Waals surface area contributed by atoms with E-state index in [1.165, 1.54) is 22.5 Å². The lowest BCUT2D eigenvalue weighted by Crippen LogP contribution is -2.37. The summed E-state index contributed by atoms with van der Waals surface area (Å²) in [6.07, 6.45) is 2.12. The van der Waals surface area contributed by atoms with Crippen molar-refractivity contribution in [3.63, 3.8) is 0 Å². The molecule has 1 aliphatic heterocycles. The fourth-order valence-corrected chi connectivity index (χ4v) is 5.68. The summed E-state index contributed by atoms with van der Waals surface area (Å²) in [6, 6.07) is 6.43. The summed E-state index contributed by atoms with van der Waals surface area (Å²) in [5, 5.41) is 18.5. The molecule has 0 aromatic heterocycles. The molecule has 1 aromatic carbocycles. The summed E-state index contributed by atoms with van der Waals surface area (Å²) >= 11 is 0. The number of fused-ring (bicyclic) bond motifs is 1. The van der Waals surface area contributed by atoms with Gasteiger partial charge in [0.05, 0.1) is 21.9 Å². The summed E-state index contributed by atoms with van der Waals surface area (Å²) in [7, 11) is -3.75. The molecule has 1 N–H and O–H groups in total. The number of carboxylic acids is 1. The first-order valence-corrected chi connectivity index (χ1v) is 8.99. The number of aryl methyl sites for hydroxylation is 1. The predicted molar refractivity (Wildman–Crippen MR) is 82.1 cm³/mol. The minimum Gasteiger partial charge on any atom is -0.481 e. The van der Waals surface area contributed by atoms with Gasteiger partial charge in [-0.15, -0.1) is 0 Å². The maximum absolute atomic E-state index is 12.9. The van der Waals surface area contributed by atoms with Crippen molar-refractivity contribution in [1.82, 2.24) is 4.31 Å². The fourth-order valence-electron chi connectivity index (χ4n) is 3.92. The van der Waals surface area contributed by atoms with Crippen molar-refractivity contribution in [2.45, 2.75) is 31.1 Å². The van der Waals surface area contributed by atoms with Crippen LogP contribution in [0.5, 0.6) is 0 Å². The number of carbonyl (C=O) groups is 1. The number of sulfonamides is 1. The van der Waals surface area contributed by atoms with Crippen molar-refractivity contribution in [3.8, 4) is 6.07 Å². The number of nitriles is 1. The molecule has 0 bridgehead atoms. The van der Waals surface area contributed by atoms with Gasteiger partial charge in [0.1, 0.15) is 0 Å². The highest BCUT2D eigenvalue weighted by Crippen LogP contribution is 2.50. The number of nitrogens with zero attached hydrogens (tertiary/aromatic N) is 2. The maximum atomic E-state index is 12.9. The smallest absolute Gasteiger partial charge is 0.311 e. The Kier molecular flexibility index (Phi) is 3.69. The molecule has 1 saturated carbocycles. The number of rotatable bonds is 3. The molecule has 2 aliphatic rings. The van der Waals surface area contributed by atoms with Crippen LogP contribution in [0.4, 0.5) is 0 Å². The van der Waals surface area contributed by atoms with E-state index in [9.17, 15) is 18.3 Å². The monoisotopic (exact) mass is 334 g/mol. The zero-order valence-electron chi connectivity index (χ0n) is 12.8. The summed E-state index contributed by atoms with van der Waals surface area (Å²) in [6.45, 7) is 1.94. The van der Waals surface area contributed by atoms with Gasteiger partial charge in [-0.1, -0.05) is 6.42 Å². The van der Waals surface area contributed by atoms with Gasteiger partial charge < -0.3 is 5.11 Å². The summed E-state index contributed by atoms with van der Waals surface area (Å²) in [4.78, 5) is 11.9. The Morgan fingerprint density at radius 2 is 2.22 bits per heavy atom. The van der Waals surface area contributed by atoms with Crippen LogP contribution in [0.1, 0.15) is 30.4 Å². The lowest BCUT2D eigenvalue weighted by molar-refractivity contribution is -0.149. The molecule has 1 aromatic rings. The third kappa shape index (κ3) is 2.33. The Labute approximate surface area is 135 Å². The van der Waals surface area contributed by atoms with Gasteiger partial charge in [-0.3, -0.25) is 4.79 Å². The van der Waals surface area contributed by atoms with Crippen LogP contribution in [0.2, 0.25) is 0 Å². The van der Waals surface area contributed by atoms with Gasteiger partial charge in [0.2, 0.25) is 10.0 Å². The van der Waals surface area contributed by atoms with Crippen LogP contribution in [0.15, 0.2) is 23.1 Å². The summed E-state index contributed by atoms with van der Waals surface area (Å²) in [5.74, 6) is -1.01. The molecule has 7 heteroatoms. The largest absolute Gasteiger partial charge is 0.481 e. The number of carboxylic acid groups (broad SMARTS) is 1. The van der Waals surface area contributed by atoms with Crippen molar-refractivity contribution in [2.24, 2.45) is 11.3 Å². The molecule has 2 fully saturated rings. The molecule has 3 rings (SSSR count). The van der Waals surface area contributed by atoms with Crippen molar-refractivity contribution in [1.29, 1.82) is 5.26 Å². The van der Waals surface area contributed by atoms with Gasteiger partial charge in [-0.2, -0.15) is 9.57 Å². The van der Waals surface area contributed by atoms with E-state index in [0.29, 0.717) is 17.5 Å². The Balaban J connectivity index is 1.96. The van der Waals surface area contributed by atoms with Crippen molar-refractivity contribution in [3.05, 3.63) is 29.3 Å². The van der Waals surface area contributed by atoms with E-state index in [1.807, 2.05) is 6.07 Å². The van der Waals surface area contributed by atoms with Crippen molar-refractivity contribution >= 4 is 16.0 Å². The van der Waals surface area contributed by atoms with Gasteiger partial charge >= 0.3 is 5.97 Å². The van der Waals surface area contributed by atoms with Crippen LogP contribution in [-0.4, -0.2) is 36.9 Å². The van der Waals surface area contributed by atoms with Gasteiger partial charge in [-0.25, -0.2) is 8.42 Å². The molecule has 6 nitrogen and oxygen atoms in total. The summed E-state index contributed by atoms with van der Waals surface area (Å²) in [5.41, 5.74) is -0.0275. The number of hydrogen-bond donors (Lipinski definition) is 1. The third-order valence-corrected chi connectivity index (χ3v) is 7.16. The first kappa shape index (κ1) is 16.0. The highest BCUT2D eigenvalue weighted by Gasteiger charge is 2.57. The average Bonchev–Trinajstić information content (AvgIpc) is 3.04. The second-order valence-corrected chi connectivity index (χ2v) is 8.35. The van der Waals surface area contributed by atoms with Crippen LogP contribution in [-0.2, 0) is 14.8 Å². The normalized spacial score (nSPS) is 27.6. The number of aliphatic carboxylic acids is 1. The molecular formula is C16H18N2O4S. The Bertz CT molecular complexity index is 812. The molecule has 2 atom stereocenters. The third-order valence-electron chi connectivity index (χ3n) is 5.19. The lowest BCUT2D eigenvalue weighted by Gasteiger charge is -2.23. The minimum absolute atomic E-state index is 0.0365.